The number of hydrazine groups is 1. The van der Waals surface area contributed by atoms with E-state index in [0.29, 0.717) is 17.0 Å². The van der Waals surface area contributed by atoms with Crippen LogP contribution in [0.3, 0.4) is 0 Å². The lowest BCUT2D eigenvalue weighted by Crippen LogP contribution is -2.54. The predicted octanol–water partition coefficient (Wildman–Crippen LogP) is 6.23. The molecule has 1 fully saturated rings. The van der Waals surface area contributed by atoms with Gasteiger partial charge in [-0.2, -0.15) is 0 Å². The molecule has 4 nitrogen and oxygen atoms in total. The number of amides is 2. The van der Waals surface area contributed by atoms with Crippen LogP contribution in [0.2, 0.25) is 0 Å². The molecule has 1 atom stereocenters. The third-order valence-corrected chi connectivity index (χ3v) is 6.32. The Hall–Kier alpha value is -2.62. The Morgan fingerprint density at radius 3 is 2.23 bits per heavy atom. The molecule has 31 heavy (non-hydrogen) atoms. The fourth-order valence-corrected chi connectivity index (χ4v) is 4.79. The summed E-state index contributed by atoms with van der Waals surface area (Å²) in [6.07, 6.45) is 8.92. The Bertz CT molecular complexity index is 852. The van der Waals surface area contributed by atoms with E-state index in [1.807, 2.05) is 44.2 Å². The van der Waals surface area contributed by atoms with Crippen LogP contribution in [0.1, 0.15) is 90.1 Å². The smallest absolute Gasteiger partial charge is 0.267 e. The van der Waals surface area contributed by atoms with Crippen LogP contribution < -0.4 is 5.43 Å². The fraction of sp³-hybridized carbons (Fsp3) is 0.481. The largest absolute Gasteiger partial charge is 0.272 e. The predicted molar refractivity (Wildman–Crippen MR) is 126 cm³/mol. The highest BCUT2D eigenvalue weighted by Gasteiger charge is 2.33. The van der Waals surface area contributed by atoms with Crippen molar-refractivity contribution in [2.24, 2.45) is 5.92 Å². The minimum absolute atomic E-state index is 0.0150. The van der Waals surface area contributed by atoms with Crippen LogP contribution >= 0.6 is 0 Å². The Morgan fingerprint density at radius 2 is 1.61 bits per heavy atom. The van der Waals surface area contributed by atoms with Crippen molar-refractivity contribution < 1.29 is 9.59 Å². The molecule has 1 aliphatic carbocycles. The lowest BCUT2D eigenvalue weighted by Gasteiger charge is -2.39. The van der Waals surface area contributed by atoms with Crippen molar-refractivity contribution in [1.82, 2.24) is 10.4 Å². The van der Waals surface area contributed by atoms with Crippen molar-refractivity contribution >= 4 is 11.8 Å². The minimum Gasteiger partial charge on any atom is -0.267 e. The summed E-state index contributed by atoms with van der Waals surface area (Å²) in [6.45, 7) is 6.19. The SMILES string of the molecule is CCCCC(C1CCCCC1)N(NC(=O)c1ccccc1)C(=O)c1cc(C)cc(C)c1. The molecule has 2 amide bonds. The molecule has 166 valence electrons. The molecule has 1 aliphatic rings. The van der Waals surface area contributed by atoms with Crippen molar-refractivity contribution in [3.63, 3.8) is 0 Å². The van der Waals surface area contributed by atoms with Gasteiger partial charge in [0.2, 0.25) is 0 Å². The average molecular weight is 421 g/mol. The first-order valence-corrected chi connectivity index (χ1v) is 11.8. The maximum absolute atomic E-state index is 13.8. The quantitative estimate of drug-likeness (QED) is 0.540. The first-order chi connectivity index (χ1) is 15.0. The van der Waals surface area contributed by atoms with Gasteiger partial charge in [-0.1, -0.05) is 74.4 Å². The number of hydrogen-bond donors (Lipinski definition) is 1. The molecule has 1 N–H and O–H groups in total. The van der Waals surface area contributed by atoms with Gasteiger partial charge in [-0.15, -0.1) is 0 Å². The van der Waals surface area contributed by atoms with Crippen LogP contribution in [-0.2, 0) is 0 Å². The Kier molecular flexibility index (Phi) is 8.27. The molecule has 0 heterocycles. The van der Waals surface area contributed by atoms with E-state index in [-0.39, 0.29) is 17.9 Å². The summed E-state index contributed by atoms with van der Waals surface area (Å²) >= 11 is 0. The number of nitrogens with zero attached hydrogens (tertiary/aromatic N) is 1. The molecule has 0 radical (unpaired) electrons. The van der Waals surface area contributed by atoms with E-state index in [2.05, 4.69) is 18.4 Å². The molecule has 4 heteroatoms. The van der Waals surface area contributed by atoms with Crippen LogP contribution in [0.25, 0.3) is 0 Å². The van der Waals surface area contributed by atoms with Gasteiger partial charge in [0.1, 0.15) is 0 Å². The number of nitrogens with one attached hydrogen (secondary N) is 1. The number of aryl methyl sites for hydroxylation is 2. The monoisotopic (exact) mass is 420 g/mol. The second kappa shape index (κ2) is 11.1. The molecule has 3 rings (SSSR count). The van der Waals surface area contributed by atoms with Crippen molar-refractivity contribution in [3.8, 4) is 0 Å². The molecule has 0 bridgehead atoms. The van der Waals surface area contributed by atoms with Gasteiger partial charge < -0.3 is 0 Å². The zero-order chi connectivity index (χ0) is 22.2. The second-order valence-electron chi connectivity index (χ2n) is 8.97. The van der Waals surface area contributed by atoms with Gasteiger partial charge in [-0.05, 0) is 63.3 Å². The van der Waals surface area contributed by atoms with Gasteiger partial charge in [0.25, 0.3) is 11.8 Å². The minimum atomic E-state index is -0.226. The number of rotatable bonds is 7. The van der Waals surface area contributed by atoms with Gasteiger partial charge in [0.15, 0.2) is 0 Å². The van der Waals surface area contributed by atoms with Gasteiger partial charge in [0, 0.05) is 11.1 Å². The molecule has 0 aliphatic heterocycles. The van der Waals surface area contributed by atoms with E-state index >= 15 is 0 Å². The number of hydrogen-bond acceptors (Lipinski definition) is 2. The summed E-state index contributed by atoms with van der Waals surface area (Å²) < 4.78 is 0. The zero-order valence-electron chi connectivity index (χ0n) is 19.2. The van der Waals surface area contributed by atoms with Gasteiger partial charge in [-0.3, -0.25) is 15.0 Å². The third kappa shape index (κ3) is 6.19. The zero-order valence-corrected chi connectivity index (χ0v) is 19.2. The highest BCUT2D eigenvalue weighted by molar-refractivity contribution is 5.99. The average Bonchev–Trinajstić information content (AvgIpc) is 2.78. The molecule has 0 spiro atoms. The maximum atomic E-state index is 13.8. The van der Waals surface area contributed by atoms with E-state index in [0.717, 1.165) is 43.2 Å². The van der Waals surface area contributed by atoms with E-state index < -0.39 is 0 Å². The maximum Gasteiger partial charge on any atom is 0.272 e. The fourth-order valence-electron chi connectivity index (χ4n) is 4.79. The highest BCUT2D eigenvalue weighted by Crippen LogP contribution is 2.32. The van der Waals surface area contributed by atoms with E-state index in [1.165, 1.54) is 19.3 Å². The Morgan fingerprint density at radius 1 is 0.968 bits per heavy atom. The van der Waals surface area contributed by atoms with Crippen molar-refractivity contribution in [2.75, 3.05) is 0 Å². The highest BCUT2D eigenvalue weighted by atomic mass is 16.2. The number of carbonyl (C=O) groups excluding carboxylic acids is 2. The van der Waals surface area contributed by atoms with Crippen LogP contribution in [0.4, 0.5) is 0 Å². The van der Waals surface area contributed by atoms with Crippen molar-refractivity contribution in [2.45, 2.75) is 78.2 Å². The first-order valence-electron chi connectivity index (χ1n) is 11.8. The van der Waals surface area contributed by atoms with Crippen molar-refractivity contribution in [3.05, 3.63) is 70.8 Å². The summed E-state index contributed by atoms with van der Waals surface area (Å²) in [6, 6.07) is 15.1. The van der Waals surface area contributed by atoms with Gasteiger partial charge in [-0.25, -0.2) is 5.01 Å². The Balaban J connectivity index is 1.95. The molecule has 2 aromatic rings. The summed E-state index contributed by atoms with van der Waals surface area (Å²) in [4.78, 5) is 26.9. The topological polar surface area (TPSA) is 49.4 Å². The third-order valence-electron chi connectivity index (χ3n) is 6.32. The normalized spacial score (nSPS) is 15.3. The number of carbonyl (C=O) groups is 2. The van der Waals surface area contributed by atoms with Crippen LogP contribution in [0.15, 0.2) is 48.5 Å². The molecular weight excluding hydrogens is 384 g/mol. The summed E-state index contributed by atoms with van der Waals surface area (Å²) in [5, 5.41) is 1.68. The molecule has 0 aromatic heterocycles. The van der Waals surface area contributed by atoms with E-state index in [9.17, 15) is 9.59 Å². The number of benzene rings is 2. The van der Waals surface area contributed by atoms with Gasteiger partial charge >= 0.3 is 0 Å². The molecule has 1 saturated carbocycles. The van der Waals surface area contributed by atoms with Crippen LogP contribution in [-0.4, -0.2) is 22.9 Å². The summed E-state index contributed by atoms with van der Waals surface area (Å²) in [5.74, 6) is 0.0876. The van der Waals surface area contributed by atoms with Crippen molar-refractivity contribution in [1.29, 1.82) is 0 Å². The second-order valence-corrected chi connectivity index (χ2v) is 8.97. The number of unbranched alkanes of at least 4 members (excludes halogenated alkanes) is 1. The molecule has 2 aromatic carbocycles. The molecule has 0 saturated heterocycles. The standard InChI is InChI=1S/C27H36N2O2/c1-4-5-16-25(22-12-8-6-9-13-22)29(28-26(30)23-14-10-7-11-15-23)27(31)24-18-20(2)17-21(3)19-24/h7,10-11,14-15,17-19,22,25H,4-6,8-9,12-13,16H2,1-3H3,(H,28,30). The lowest BCUT2D eigenvalue weighted by atomic mass is 9.81. The summed E-state index contributed by atoms with van der Waals surface area (Å²) in [5.41, 5.74) is 6.34. The first kappa shape index (κ1) is 23.1. The van der Waals surface area contributed by atoms with Gasteiger partial charge in [0.05, 0.1) is 6.04 Å². The van der Waals surface area contributed by atoms with Crippen LogP contribution in [0, 0.1) is 19.8 Å². The summed E-state index contributed by atoms with van der Waals surface area (Å²) in [7, 11) is 0. The lowest BCUT2D eigenvalue weighted by molar-refractivity contribution is 0.0330. The molecule has 1 unspecified atom stereocenters. The van der Waals surface area contributed by atoms with Crippen LogP contribution in [0.5, 0.6) is 0 Å². The van der Waals surface area contributed by atoms with E-state index in [1.54, 1.807) is 17.1 Å². The van der Waals surface area contributed by atoms with E-state index in [4.69, 9.17) is 0 Å². The molecular formula is C27H36N2O2. The Labute approximate surface area is 187 Å².